The highest BCUT2D eigenvalue weighted by Gasteiger charge is 2.20. The molecule has 0 aliphatic rings. The van der Waals surface area contributed by atoms with Crippen molar-refractivity contribution in [2.45, 2.75) is 443 Å². The zero-order valence-corrected chi connectivity index (χ0v) is 55.3. The molecule has 0 aliphatic heterocycles. The van der Waals surface area contributed by atoms with E-state index in [2.05, 4.69) is 31.3 Å². The van der Waals surface area contributed by atoms with Crippen molar-refractivity contribution in [3.8, 4) is 0 Å². The molecule has 0 heterocycles. The summed E-state index contributed by atoms with van der Waals surface area (Å²) in [5, 5.41) is 23.4. The maximum atomic E-state index is 12.6. The fraction of sp³-hybridized carbons (Fsp3) is 0.947. The van der Waals surface area contributed by atoms with Crippen LogP contribution in [0.1, 0.15) is 431 Å². The van der Waals surface area contributed by atoms with Crippen LogP contribution in [0.5, 0.6) is 0 Å². The summed E-state index contributed by atoms with van der Waals surface area (Å²) in [6, 6.07) is -0.541. The summed E-state index contributed by atoms with van der Waals surface area (Å²) in [5.74, 6) is -0.0133. The summed E-state index contributed by atoms with van der Waals surface area (Å²) in [6.07, 6.45) is 88.4. The van der Waals surface area contributed by atoms with Gasteiger partial charge in [-0.15, -0.1) is 0 Å². The molecule has 2 atom stereocenters. The lowest BCUT2D eigenvalue weighted by Crippen LogP contribution is -2.45. The highest BCUT2D eigenvalue weighted by molar-refractivity contribution is 5.76. The third-order valence-corrected chi connectivity index (χ3v) is 17.8. The maximum absolute atomic E-state index is 12.6. The van der Waals surface area contributed by atoms with Crippen molar-refractivity contribution in [1.29, 1.82) is 0 Å². The lowest BCUT2D eigenvalue weighted by atomic mass is 10.0. The minimum atomic E-state index is -0.664. The van der Waals surface area contributed by atoms with Crippen molar-refractivity contribution in [3.05, 3.63) is 12.2 Å². The van der Waals surface area contributed by atoms with Crippen LogP contribution < -0.4 is 5.32 Å². The number of allylic oxidation sites excluding steroid dienone is 2. The number of hydrogen-bond donors (Lipinski definition) is 3. The first-order chi connectivity index (χ1) is 40.0. The molecule has 0 aromatic carbocycles. The lowest BCUT2D eigenvalue weighted by Gasteiger charge is -2.22. The number of aliphatic hydroxyl groups excluding tert-OH is 2. The quantitative estimate of drug-likeness (QED) is 0.0320. The average Bonchev–Trinajstić information content (AvgIpc) is 3.47. The Morgan fingerprint density at radius 1 is 0.333 bits per heavy atom. The van der Waals surface area contributed by atoms with E-state index in [0.29, 0.717) is 25.9 Å². The van der Waals surface area contributed by atoms with E-state index in [9.17, 15) is 19.8 Å². The molecule has 6 heteroatoms. The minimum Gasteiger partial charge on any atom is -0.466 e. The number of carbonyl (C=O) groups excluding carboxylic acids is 2. The van der Waals surface area contributed by atoms with Crippen LogP contribution in [0.15, 0.2) is 12.2 Å². The second kappa shape index (κ2) is 71.1. The SMILES string of the molecule is CCCCCCCC/C=C\CCCCCCCCCC(=O)OCCCCCCCCCCCCCCCCCCCCCCCCCCCC(=O)NC(CO)C(O)CCCCCCCCCCCCCCCCCCCCCCCC. The van der Waals surface area contributed by atoms with Gasteiger partial charge in [-0.25, -0.2) is 0 Å². The van der Waals surface area contributed by atoms with Crippen molar-refractivity contribution in [3.63, 3.8) is 0 Å². The van der Waals surface area contributed by atoms with Gasteiger partial charge >= 0.3 is 5.97 Å². The molecule has 0 radical (unpaired) electrons. The van der Waals surface area contributed by atoms with Crippen molar-refractivity contribution in [2.24, 2.45) is 0 Å². The topological polar surface area (TPSA) is 95.9 Å². The Labute approximate surface area is 508 Å². The molecule has 0 spiro atoms. The van der Waals surface area contributed by atoms with Gasteiger partial charge in [0, 0.05) is 12.8 Å². The molecule has 0 rings (SSSR count). The molecule has 3 N–H and O–H groups in total. The van der Waals surface area contributed by atoms with Gasteiger partial charge in [-0.05, 0) is 51.4 Å². The van der Waals surface area contributed by atoms with Crippen LogP contribution in [0.4, 0.5) is 0 Å². The largest absolute Gasteiger partial charge is 0.466 e. The number of aliphatic hydroxyl groups is 2. The summed E-state index contributed by atoms with van der Waals surface area (Å²) in [5.41, 5.74) is 0. The number of nitrogens with one attached hydrogen (secondary N) is 1. The molecule has 1 amide bonds. The van der Waals surface area contributed by atoms with Crippen molar-refractivity contribution < 1.29 is 24.5 Å². The number of amides is 1. The van der Waals surface area contributed by atoms with Gasteiger partial charge in [0.2, 0.25) is 5.91 Å². The van der Waals surface area contributed by atoms with E-state index in [4.69, 9.17) is 4.74 Å². The summed E-state index contributed by atoms with van der Waals surface area (Å²) in [7, 11) is 0. The second-order valence-electron chi connectivity index (χ2n) is 26.0. The average molecular weight is 1140 g/mol. The smallest absolute Gasteiger partial charge is 0.305 e. The van der Waals surface area contributed by atoms with Crippen LogP contribution in [0.3, 0.4) is 0 Å². The molecule has 0 saturated heterocycles. The van der Waals surface area contributed by atoms with Crippen LogP contribution in [0.25, 0.3) is 0 Å². The van der Waals surface area contributed by atoms with Crippen LogP contribution in [-0.2, 0) is 14.3 Å². The Hall–Kier alpha value is -1.40. The van der Waals surface area contributed by atoms with E-state index in [1.165, 1.54) is 353 Å². The molecule has 0 aliphatic carbocycles. The van der Waals surface area contributed by atoms with Crippen molar-refractivity contribution in [2.75, 3.05) is 13.2 Å². The molecule has 0 aromatic rings. The Morgan fingerprint density at radius 2 is 0.580 bits per heavy atom. The number of carbonyl (C=O) groups is 2. The monoisotopic (exact) mass is 1140 g/mol. The summed E-state index contributed by atoms with van der Waals surface area (Å²) >= 11 is 0. The van der Waals surface area contributed by atoms with E-state index in [1.807, 2.05) is 0 Å². The van der Waals surface area contributed by atoms with E-state index in [1.54, 1.807) is 0 Å². The van der Waals surface area contributed by atoms with Crippen molar-refractivity contribution >= 4 is 11.9 Å². The molecule has 482 valence electrons. The Kier molecular flexibility index (Phi) is 69.9. The molecule has 2 unspecified atom stereocenters. The maximum Gasteiger partial charge on any atom is 0.305 e. The number of ether oxygens (including phenoxy) is 1. The fourth-order valence-electron chi connectivity index (χ4n) is 12.1. The van der Waals surface area contributed by atoms with Gasteiger partial charge in [-0.3, -0.25) is 9.59 Å². The second-order valence-corrected chi connectivity index (χ2v) is 26.0. The van der Waals surface area contributed by atoms with E-state index < -0.39 is 12.1 Å². The van der Waals surface area contributed by atoms with Crippen LogP contribution in [0, 0.1) is 0 Å². The minimum absolute atomic E-state index is 0.0145. The predicted molar refractivity (Wildman–Crippen MR) is 357 cm³/mol. The molecule has 6 nitrogen and oxygen atoms in total. The molecule has 0 bridgehead atoms. The number of hydrogen-bond acceptors (Lipinski definition) is 5. The molecular weight excluding hydrogens is 995 g/mol. The van der Waals surface area contributed by atoms with Gasteiger partial charge in [-0.2, -0.15) is 0 Å². The van der Waals surface area contributed by atoms with Crippen molar-refractivity contribution in [1.82, 2.24) is 5.32 Å². The number of unbranched alkanes of at least 4 members (excludes halogenated alkanes) is 58. The third-order valence-electron chi connectivity index (χ3n) is 17.8. The van der Waals surface area contributed by atoms with Gasteiger partial charge in [0.05, 0.1) is 25.4 Å². The van der Waals surface area contributed by atoms with Gasteiger partial charge in [-0.1, -0.05) is 379 Å². The first-order valence-electron chi connectivity index (χ1n) is 37.4. The molecule has 0 saturated carbocycles. The Morgan fingerprint density at radius 3 is 0.877 bits per heavy atom. The standard InChI is InChI=1S/C75H147NO5/c1-3-5-7-9-11-13-15-17-19-21-22-23-29-32-36-39-43-47-51-55-59-63-67-73(78)72(71-77)76-74(79)68-64-60-56-52-48-44-40-37-33-30-27-25-24-26-28-31-34-38-42-46-50-54-58-62-66-70-81-75(80)69-65-61-57-53-49-45-41-35-20-18-16-14-12-10-8-6-4-2/h18,20,72-73,77-78H,3-17,19,21-71H2,1-2H3,(H,76,79)/b20-18-. The van der Waals surface area contributed by atoms with Gasteiger partial charge in [0.15, 0.2) is 0 Å². The van der Waals surface area contributed by atoms with Gasteiger partial charge in [0.1, 0.15) is 0 Å². The van der Waals surface area contributed by atoms with E-state index >= 15 is 0 Å². The number of rotatable bonds is 71. The first-order valence-corrected chi connectivity index (χ1v) is 37.4. The van der Waals surface area contributed by atoms with Crippen LogP contribution in [-0.4, -0.2) is 47.4 Å². The first kappa shape index (κ1) is 79.6. The highest BCUT2D eigenvalue weighted by atomic mass is 16.5. The zero-order valence-electron chi connectivity index (χ0n) is 55.3. The lowest BCUT2D eigenvalue weighted by molar-refractivity contribution is -0.143. The summed E-state index contributed by atoms with van der Waals surface area (Å²) in [6.45, 7) is 5.00. The highest BCUT2D eigenvalue weighted by Crippen LogP contribution is 2.20. The number of esters is 1. The van der Waals surface area contributed by atoms with Gasteiger partial charge < -0.3 is 20.3 Å². The summed E-state index contributed by atoms with van der Waals surface area (Å²) in [4.78, 5) is 24.7. The third kappa shape index (κ3) is 67.6. The van der Waals surface area contributed by atoms with Crippen LogP contribution >= 0.6 is 0 Å². The van der Waals surface area contributed by atoms with Crippen LogP contribution in [0.2, 0.25) is 0 Å². The zero-order chi connectivity index (χ0) is 58.5. The van der Waals surface area contributed by atoms with Gasteiger partial charge in [0.25, 0.3) is 0 Å². The Bertz CT molecular complexity index is 1220. The summed E-state index contributed by atoms with van der Waals surface area (Å²) < 4.78 is 5.51. The normalized spacial score (nSPS) is 12.5. The molecule has 81 heavy (non-hydrogen) atoms. The molecule has 0 fully saturated rings. The predicted octanol–water partition coefficient (Wildman–Crippen LogP) is 24.3. The Balaban J connectivity index is 3.35. The molecular formula is C75H147NO5. The van der Waals surface area contributed by atoms with E-state index in [-0.39, 0.29) is 18.5 Å². The van der Waals surface area contributed by atoms with E-state index in [0.717, 1.165) is 44.9 Å². The fourth-order valence-corrected chi connectivity index (χ4v) is 12.1. The molecule has 0 aromatic heterocycles.